The van der Waals surface area contributed by atoms with Crippen LogP contribution < -0.4 is 5.73 Å². The molecular formula is C21H20ClN3O3S. The Labute approximate surface area is 174 Å². The van der Waals surface area contributed by atoms with Gasteiger partial charge < -0.3 is 10.3 Å². The number of hydrogen-bond donors (Lipinski definition) is 1. The van der Waals surface area contributed by atoms with Crippen molar-refractivity contribution in [1.82, 2.24) is 8.87 Å². The van der Waals surface area contributed by atoms with Crippen LogP contribution in [0.25, 0.3) is 11.3 Å². The summed E-state index contributed by atoms with van der Waals surface area (Å²) in [6.45, 7) is 2.52. The van der Waals surface area contributed by atoms with Crippen LogP contribution in [0.15, 0.2) is 59.5 Å². The van der Waals surface area contributed by atoms with E-state index in [1.807, 2.05) is 47.9 Å². The van der Waals surface area contributed by atoms with Gasteiger partial charge in [-0.1, -0.05) is 54.1 Å². The van der Waals surface area contributed by atoms with Crippen LogP contribution in [0.2, 0.25) is 5.02 Å². The van der Waals surface area contributed by atoms with Crippen LogP contribution in [-0.4, -0.2) is 29.7 Å². The van der Waals surface area contributed by atoms with Crippen LogP contribution in [-0.2, 0) is 23.1 Å². The molecule has 4 rings (SSSR count). The van der Waals surface area contributed by atoms with Crippen molar-refractivity contribution in [2.45, 2.75) is 24.9 Å². The van der Waals surface area contributed by atoms with E-state index in [9.17, 15) is 13.2 Å². The third-order valence-corrected chi connectivity index (χ3v) is 7.34. The molecule has 1 amide bonds. The average molecular weight is 430 g/mol. The molecule has 1 aromatic heterocycles. The molecule has 0 saturated carbocycles. The first-order valence-corrected chi connectivity index (χ1v) is 11.0. The summed E-state index contributed by atoms with van der Waals surface area (Å²) in [7, 11) is -3.71. The molecule has 2 aromatic carbocycles. The van der Waals surface area contributed by atoms with Crippen LogP contribution in [0.4, 0.5) is 0 Å². The van der Waals surface area contributed by atoms with Gasteiger partial charge in [0.25, 0.3) is 5.91 Å². The van der Waals surface area contributed by atoms with Crippen LogP contribution in [0.5, 0.6) is 0 Å². The molecule has 2 N–H and O–H groups in total. The number of fused-ring (bicyclic) bond motifs is 1. The zero-order valence-electron chi connectivity index (χ0n) is 15.8. The Hall–Kier alpha value is -2.61. The molecule has 1 aliphatic rings. The van der Waals surface area contributed by atoms with Gasteiger partial charge in [-0.25, -0.2) is 8.42 Å². The van der Waals surface area contributed by atoms with Crippen molar-refractivity contribution in [1.29, 1.82) is 0 Å². The average Bonchev–Trinajstić information content (AvgIpc) is 2.99. The van der Waals surface area contributed by atoms with Crippen molar-refractivity contribution in [2.24, 2.45) is 5.73 Å². The number of carbonyl (C=O) groups excluding carboxylic acids is 1. The predicted octanol–water partition coefficient (Wildman–Crippen LogP) is 3.42. The van der Waals surface area contributed by atoms with Crippen molar-refractivity contribution < 1.29 is 13.2 Å². The number of nitrogens with zero attached hydrogens (tertiary/aromatic N) is 2. The van der Waals surface area contributed by atoms with Gasteiger partial charge in [-0.15, -0.1) is 0 Å². The summed E-state index contributed by atoms with van der Waals surface area (Å²) in [6, 6.07) is 16.2. The van der Waals surface area contributed by atoms with Crippen molar-refractivity contribution in [3.63, 3.8) is 0 Å². The molecule has 150 valence electrons. The largest absolute Gasteiger partial charge is 0.365 e. The first-order chi connectivity index (χ1) is 13.8. The Morgan fingerprint density at radius 3 is 2.45 bits per heavy atom. The Bertz CT molecular complexity index is 1200. The quantitative estimate of drug-likeness (QED) is 0.689. The van der Waals surface area contributed by atoms with Crippen LogP contribution in [0, 0.1) is 6.92 Å². The molecule has 0 fully saturated rings. The molecular weight excluding hydrogens is 410 g/mol. The smallest absolute Gasteiger partial charge is 0.252 e. The molecule has 2 heterocycles. The van der Waals surface area contributed by atoms with E-state index in [0.29, 0.717) is 17.9 Å². The summed E-state index contributed by atoms with van der Waals surface area (Å²) in [5.74, 6) is -0.671. The van der Waals surface area contributed by atoms with Gasteiger partial charge in [0, 0.05) is 18.8 Å². The number of aromatic nitrogens is 1. The van der Waals surface area contributed by atoms with E-state index in [1.165, 1.54) is 4.31 Å². The number of nitrogens with two attached hydrogens (primary N) is 1. The number of rotatable bonds is 4. The van der Waals surface area contributed by atoms with Crippen molar-refractivity contribution >= 4 is 27.5 Å². The lowest BCUT2D eigenvalue weighted by molar-refractivity contribution is 0.0998. The highest BCUT2D eigenvalue weighted by atomic mass is 35.5. The molecule has 6 nitrogen and oxygen atoms in total. The monoisotopic (exact) mass is 429 g/mol. The van der Waals surface area contributed by atoms with Gasteiger partial charge in [-0.3, -0.25) is 4.79 Å². The number of sulfonamides is 1. The highest BCUT2D eigenvalue weighted by Crippen LogP contribution is 2.38. The van der Waals surface area contributed by atoms with E-state index < -0.39 is 15.9 Å². The van der Waals surface area contributed by atoms with E-state index in [0.717, 1.165) is 11.1 Å². The minimum Gasteiger partial charge on any atom is -0.365 e. The normalized spacial score (nSPS) is 14.6. The van der Waals surface area contributed by atoms with Crippen molar-refractivity contribution in [2.75, 3.05) is 6.54 Å². The number of benzene rings is 2. The molecule has 0 atom stereocenters. The topological polar surface area (TPSA) is 85.4 Å². The van der Waals surface area contributed by atoms with Gasteiger partial charge in [-0.2, -0.15) is 4.31 Å². The summed E-state index contributed by atoms with van der Waals surface area (Å²) < 4.78 is 29.6. The minimum absolute atomic E-state index is 0.0289. The first-order valence-electron chi connectivity index (χ1n) is 9.13. The molecule has 3 aromatic rings. The lowest BCUT2D eigenvalue weighted by Gasteiger charge is -2.29. The molecule has 29 heavy (non-hydrogen) atoms. The zero-order valence-corrected chi connectivity index (χ0v) is 17.4. The van der Waals surface area contributed by atoms with E-state index in [1.54, 1.807) is 18.2 Å². The van der Waals surface area contributed by atoms with E-state index >= 15 is 0 Å². The summed E-state index contributed by atoms with van der Waals surface area (Å²) in [5, 5.41) is 0.258. The molecule has 8 heteroatoms. The van der Waals surface area contributed by atoms with E-state index in [4.69, 9.17) is 17.3 Å². The van der Waals surface area contributed by atoms with E-state index in [2.05, 4.69) is 0 Å². The maximum atomic E-state index is 13.2. The van der Waals surface area contributed by atoms with Gasteiger partial charge in [-0.05, 0) is 30.2 Å². The Morgan fingerprint density at radius 2 is 1.79 bits per heavy atom. The number of carbonyl (C=O) groups is 1. The second-order valence-electron chi connectivity index (χ2n) is 7.02. The molecule has 0 bridgehead atoms. The number of halogens is 1. The highest BCUT2D eigenvalue weighted by Gasteiger charge is 2.34. The third kappa shape index (κ3) is 3.35. The van der Waals surface area contributed by atoms with Crippen molar-refractivity contribution in [3.8, 4) is 11.3 Å². The molecule has 1 aliphatic heterocycles. The Kier molecular flexibility index (Phi) is 4.98. The second-order valence-corrected chi connectivity index (χ2v) is 9.34. The van der Waals surface area contributed by atoms with Crippen molar-refractivity contribution in [3.05, 3.63) is 76.4 Å². The molecule has 0 spiro atoms. The SMILES string of the molecule is Cc1cccc(S(=O)(=O)N2CCn3c(c(C(N)=O)c(Cl)c3-c3ccccc3)C2)c1. The second kappa shape index (κ2) is 7.33. The summed E-state index contributed by atoms with van der Waals surface area (Å²) in [4.78, 5) is 12.4. The number of amides is 1. The first kappa shape index (κ1) is 19.7. The lowest BCUT2D eigenvalue weighted by Crippen LogP contribution is -2.39. The molecule has 0 radical (unpaired) electrons. The standard InChI is InChI=1S/C21H20ClN3O3S/c1-14-6-5-9-16(12-14)29(27,28)24-10-11-25-17(13-24)18(21(23)26)19(22)20(25)15-7-3-2-4-8-15/h2-9,12H,10-11,13H2,1H3,(H2,23,26). The van der Waals surface area contributed by atoms with Gasteiger partial charge >= 0.3 is 0 Å². The fourth-order valence-electron chi connectivity index (χ4n) is 3.76. The van der Waals surface area contributed by atoms with Gasteiger partial charge in [0.05, 0.1) is 27.7 Å². The van der Waals surface area contributed by atoms with Gasteiger partial charge in [0.1, 0.15) is 0 Å². The van der Waals surface area contributed by atoms with Crippen LogP contribution >= 0.6 is 11.6 Å². The maximum absolute atomic E-state index is 13.2. The fourth-order valence-corrected chi connectivity index (χ4v) is 5.67. The Morgan fingerprint density at radius 1 is 1.07 bits per heavy atom. The summed E-state index contributed by atoms with van der Waals surface area (Å²) >= 11 is 6.56. The minimum atomic E-state index is -3.71. The lowest BCUT2D eigenvalue weighted by atomic mass is 10.1. The van der Waals surface area contributed by atoms with Gasteiger partial charge in [0.2, 0.25) is 10.0 Å². The predicted molar refractivity (Wildman–Crippen MR) is 112 cm³/mol. The zero-order chi connectivity index (χ0) is 20.8. The van der Waals surface area contributed by atoms with E-state index in [-0.39, 0.29) is 28.6 Å². The third-order valence-electron chi connectivity index (χ3n) is 5.13. The molecule has 0 unspecified atom stereocenters. The Balaban J connectivity index is 1.81. The number of aryl methyl sites for hydroxylation is 1. The van der Waals surface area contributed by atoms with Gasteiger partial charge in [0.15, 0.2) is 0 Å². The van der Waals surface area contributed by atoms with Crippen LogP contribution in [0.3, 0.4) is 0 Å². The maximum Gasteiger partial charge on any atom is 0.252 e. The summed E-state index contributed by atoms with van der Waals surface area (Å²) in [6.07, 6.45) is 0. The van der Waals surface area contributed by atoms with Crippen LogP contribution in [0.1, 0.15) is 21.6 Å². The summed E-state index contributed by atoms with van der Waals surface area (Å²) in [5.41, 5.74) is 8.70. The molecule has 0 aliphatic carbocycles. The highest BCUT2D eigenvalue weighted by molar-refractivity contribution is 7.89. The molecule has 0 saturated heterocycles. The fraction of sp³-hybridized carbons (Fsp3) is 0.190. The number of primary amides is 1. The number of hydrogen-bond acceptors (Lipinski definition) is 3.